The largest absolute Gasteiger partial charge is 0.383 e. The Hall–Kier alpha value is -2.15. The van der Waals surface area contributed by atoms with Gasteiger partial charge in [0.2, 0.25) is 11.8 Å². The van der Waals surface area contributed by atoms with Crippen LogP contribution < -0.4 is 10.2 Å². The molecule has 0 bridgehead atoms. The molecule has 7 nitrogen and oxygen atoms in total. The number of hydrogen-bond acceptors (Lipinski definition) is 5. The predicted molar refractivity (Wildman–Crippen MR) is 89.5 cm³/mol. The molecule has 130 valence electrons. The molecule has 1 aromatic rings. The zero-order chi connectivity index (χ0) is 16.9. The molecule has 1 saturated heterocycles. The van der Waals surface area contributed by atoms with Crippen molar-refractivity contribution in [1.82, 2.24) is 15.2 Å². The van der Waals surface area contributed by atoms with Crippen LogP contribution in [0.4, 0.5) is 5.82 Å². The Bertz CT molecular complexity index is 572. The second-order valence-electron chi connectivity index (χ2n) is 6.23. The van der Waals surface area contributed by atoms with E-state index in [-0.39, 0.29) is 23.7 Å². The zero-order valence-corrected chi connectivity index (χ0v) is 14.0. The highest BCUT2D eigenvalue weighted by molar-refractivity contribution is 5.92. The van der Waals surface area contributed by atoms with Crippen molar-refractivity contribution in [3.05, 3.63) is 24.4 Å². The minimum atomic E-state index is -0.164. The monoisotopic (exact) mass is 332 g/mol. The van der Waals surface area contributed by atoms with Crippen molar-refractivity contribution in [3.63, 3.8) is 0 Å². The molecular weight excluding hydrogens is 308 g/mol. The van der Waals surface area contributed by atoms with Crippen LogP contribution in [0.5, 0.6) is 0 Å². The number of nitrogens with one attached hydrogen (secondary N) is 1. The zero-order valence-electron chi connectivity index (χ0n) is 14.0. The van der Waals surface area contributed by atoms with Crippen molar-refractivity contribution in [2.24, 2.45) is 11.8 Å². The van der Waals surface area contributed by atoms with Gasteiger partial charge in [0.25, 0.3) is 0 Å². The molecule has 2 heterocycles. The third-order valence-electron chi connectivity index (χ3n) is 4.61. The molecule has 1 aromatic heterocycles. The first kappa shape index (κ1) is 16.7. The SMILES string of the molecule is COCCNC(=O)C1CC1C(=O)N1CCN(c2ccccn2)CC1. The van der Waals surface area contributed by atoms with Gasteiger partial charge in [-0.05, 0) is 18.6 Å². The number of carbonyl (C=O) groups excluding carboxylic acids is 2. The maximum Gasteiger partial charge on any atom is 0.226 e. The number of anilines is 1. The highest BCUT2D eigenvalue weighted by Gasteiger charge is 2.49. The molecule has 0 aromatic carbocycles. The molecule has 2 amide bonds. The number of ether oxygens (including phenoxy) is 1. The van der Waals surface area contributed by atoms with Crippen molar-refractivity contribution < 1.29 is 14.3 Å². The van der Waals surface area contributed by atoms with E-state index in [1.54, 1.807) is 13.3 Å². The average molecular weight is 332 g/mol. The first-order chi connectivity index (χ1) is 11.7. The smallest absolute Gasteiger partial charge is 0.226 e. The first-order valence-corrected chi connectivity index (χ1v) is 8.42. The summed E-state index contributed by atoms with van der Waals surface area (Å²) in [6.07, 6.45) is 2.45. The van der Waals surface area contributed by atoms with Crippen molar-refractivity contribution >= 4 is 17.6 Å². The molecule has 24 heavy (non-hydrogen) atoms. The Kier molecular flexibility index (Phi) is 5.30. The number of amides is 2. The van der Waals surface area contributed by atoms with Gasteiger partial charge < -0.3 is 19.9 Å². The van der Waals surface area contributed by atoms with Crippen molar-refractivity contribution in [3.8, 4) is 0 Å². The summed E-state index contributed by atoms with van der Waals surface area (Å²) in [5.41, 5.74) is 0. The molecular formula is C17H24N4O3. The van der Waals surface area contributed by atoms with Crippen LogP contribution in [0, 0.1) is 11.8 Å². The van der Waals surface area contributed by atoms with Crippen LogP contribution in [-0.4, -0.2) is 68.1 Å². The summed E-state index contributed by atoms with van der Waals surface area (Å²) >= 11 is 0. The number of methoxy groups -OCH3 is 1. The summed E-state index contributed by atoms with van der Waals surface area (Å²) in [6.45, 7) is 3.91. The standard InChI is InChI=1S/C17H24N4O3/c1-24-11-6-19-16(22)13-12-14(13)17(23)21-9-7-20(8-10-21)15-4-2-3-5-18-15/h2-5,13-14H,6-12H2,1H3,(H,19,22). The molecule has 1 aliphatic heterocycles. The lowest BCUT2D eigenvalue weighted by atomic mass is 10.2. The van der Waals surface area contributed by atoms with Crippen molar-refractivity contribution in [1.29, 1.82) is 0 Å². The van der Waals surface area contributed by atoms with Gasteiger partial charge in [-0.2, -0.15) is 0 Å². The fourth-order valence-electron chi connectivity index (χ4n) is 3.10. The molecule has 0 spiro atoms. The molecule has 1 N–H and O–H groups in total. The lowest BCUT2D eigenvalue weighted by Crippen LogP contribution is -2.49. The minimum absolute atomic E-state index is 0.0301. The van der Waals surface area contributed by atoms with Crippen molar-refractivity contribution in [2.75, 3.05) is 51.3 Å². The van der Waals surface area contributed by atoms with Gasteiger partial charge in [0.05, 0.1) is 18.4 Å². The Morgan fingerprint density at radius 1 is 1.25 bits per heavy atom. The average Bonchev–Trinajstić information content (AvgIpc) is 3.43. The van der Waals surface area contributed by atoms with E-state index in [9.17, 15) is 9.59 Å². The third kappa shape index (κ3) is 3.84. The molecule has 2 unspecified atom stereocenters. The number of piperazine rings is 1. The minimum Gasteiger partial charge on any atom is -0.383 e. The quantitative estimate of drug-likeness (QED) is 0.750. The van der Waals surface area contributed by atoms with Gasteiger partial charge >= 0.3 is 0 Å². The molecule has 1 saturated carbocycles. The highest BCUT2D eigenvalue weighted by atomic mass is 16.5. The number of pyridine rings is 1. The van der Waals surface area contributed by atoms with Gasteiger partial charge in [-0.1, -0.05) is 6.07 Å². The van der Waals surface area contributed by atoms with Crippen LogP contribution in [0.2, 0.25) is 0 Å². The van der Waals surface area contributed by atoms with Crippen LogP contribution in [0.25, 0.3) is 0 Å². The second kappa shape index (κ2) is 7.61. The lowest BCUT2D eigenvalue weighted by Gasteiger charge is -2.35. The number of rotatable bonds is 6. The summed E-state index contributed by atoms with van der Waals surface area (Å²) in [5.74, 6) is 0.726. The van der Waals surface area contributed by atoms with E-state index >= 15 is 0 Å². The molecule has 3 rings (SSSR count). The Balaban J connectivity index is 1.44. The first-order valence-electron chi connectivity index (χ1n) is 8.42. The summed E-state index contributed by atoms with van der Waals surface area (Å²) in [7, 11) is 1.60. The van der Waals surface area contributed by atoms with E-state index in [4.69, 9.17) is 4.74 Å². The molecule has 2 fully saturated rings. The van der Waals surface area contributed by atoms with Crippen LogP contribution in [0.15, 0.2) is 24.4 Å². The fraction of sp³-hybridized carbons (Fsp3) is 0.588. The lowest BCUT2D eigenvalue weighted by molar-refractivity contribution is -0.135. The normalized spacial score (nSPS) is 23.0. The maximum absolute atomic E-state index is 12.5. The van der Waals surface area contributed by atoms with Crippen molar-refractivity contribution in [2.45, 2.75) is 6.42 Å². The Labute approximate surface area is 142 Å². The number of hydrogen-bond donors (Lipinski definition) is 1. The highest BCUT2D eigenvalue weighted by Crippen LogP contribution is 2.40. The van der Waals surface area contributed by atoms with E-state index in [0.29, 0.717) is 32.7 Å². The maximum atomic E-state index is 12.5. The summed E-state index contributed by atoms with van der Waals surface area (Å²) in [4.78, 5) is 32.9. The third-order valence-corrected chi connectivity index (χ3v) is 4.61. The van der Waals surface area contributed by atoms with Crippen LogP contribution in [0.1, 0.15) is 6.42 Å². The molecule has 0 radical (unpaired) electrons. The van der Waals surface area contributed by atoms with E-state index in [1.165, 1.54) is 0 Å². The van der Waals surface area contributed by atoms with Gasteiger partial charge in [0, 0.05) is 46.0 Å². The Morgan fingerprint density at radius 3 is 2.71 bits per heavy atom. The topological polar surface area (TPSA) is 74.8 Å². The van der Waals surface area contributed by atoms with E-state index < -0.39 is 0 Å². The predicted octanol–water partition coefficient (Wildman–Crippen LogP) is 0.129. The van der Waals surface area contributed by atoms with Crippen LogP contribution in [-0.2, 0) is 14.3 Å². The van der Waals surface area contributed by atoms with Crippen LogP contribution in [0.3, 0.4) is 0 Å². The van der Waals surface area contributed by atoms with Gasteiger partial charge in [-0.25, -0.2) is 4.98 Å². The van der Waals surface area contributed by atoms with E-state index in [2.05, 4.69) is 15.2 Å². The molecule has 1 aliphatic carbocycles. The summed E-state index contributed by atoms with van der Waals surface area (Å²) in [5, 5.41) is 2.81. The molecule has 2 atom stereocenters. The van der Waals surface area contributed by atoms with Gasteiger partial charge in [0.1, 0.15) is 5.82 Å². The van der Waals surface area contributed by atoms with Gasteiger partial charge in [-0.15, -0.1) is 0 Å². The van der Waals surface area contributed by atoms with Gasteiger partial charge in [-0.3, -0.25) is 9.59 Å². The van der Waals surface area contributed by atoms with E-state index in [0.717, 1.165) is 18.9 Å². The summed E-state index contributed by atoms with van der Waals surface area (Å²) < 4.78 is 4.91. The number of nitrogens with zero attached hydrogens (tertiary/aromatic N) is 3. The van der Waals surface area contributed by atoms with E-state index in [1.807, 2.05) is 23.1 Å². The summed E-state index contributed by atoms with van der Waals surface area (Å²) in [6, 6.07) is 5.85. The molecule has 7 heteroatoms. The number of carbonyl (C=O) groups is 2. The number of aromatic nitrogens is 1. The fourth-order valence-corrected chi connectivity index (χ4v) is 3.10. The van der Waals surface area contributed by atoms with Crippen LogP contribution >= 0.6 is 0 Å². The molecule has 2 aliphatic rings. The Morgan fingerprint density at radius 2 is 2.04 bits per heavy atom. The van der Waals surface area contributed by atoms with Gasteiger partial charge in [0.15, 0.2) is 0 Å². The second-order valence-corrected chi connectivity index (χ2v) is 6.23.